The van der Waals surface area contributed by atoms with E-state index in [9.17, 15) is 15.0 Å². The lowest BCUT2D eigenvalue weighted by molar-refractivity contribution is -0.146. The fraction of sp³-hybridized carbons (Fsp3) is 0.987. The van der Waals surface area contributed by atoms with Crippen LogP contribution in [0.2, 0.25) is 0 Å². The summed E-state index contributed by atoms with van der Waals surface area (Å²) in [6.07, 6.45) is 90.9. The highest BCUT2D eigenvalue weighted by Crippen LogP contribution is 2.36. The molecule has 1 heterocycles. The van der Waals surface area contributed by atoms with Gasteiger partial charge < -0.3 is 14.9 Å². The molecule has 4 nitrogen and oxygen atoms in total. The maximum absolute atomic E-state index is 11.9. The van der Waals surface area contributed by atoms with Gasteiger partial charge in [-0.2, -0.15) is 0 Å². The summed E-state index contributed by atoms with van der Waals surface area (Å²) in [5.41, 5.74) is 0. The van der Waals surface area contributed by atoms with Crippen molar-refractivity contribution in [3.8, 4) is 0 Å². The summed E-state index contributed by atoms with van der Waals surface area (Å²) in [7, 11) is 0. The van der Waals surface area contributed by atoms with Gasteiger partial charge in [-0.1, -0.05) is 419 Å². The van der Waals surface area contributed by atoms with Crippen molar-refractivity contribution < 1.29 is 19.7 Å². The molecule has 0 aromatic heterocycles. The molecule has 0 aromatic rings. The van der Waals surface area contributed by atoms with E-state index in [2.05, 4.69) is 20.8 Å². The maximum atomic E-state index is 11.9. The molecule has 0 spiro atoms. The van der Waals surface area contributed by atoms with Crippen LogP contribution in [0.3, 0.4) is 0 Å². The SMILES string of the molecule is CCCCCCCCCCCCCCCCCCCCC(C(=O)O)C(O)CCCCCCCCCCCCCCCCCCCCCCCCCCCCCCCCC1OC1C(C)CCCCCCCCCCCCCCCC. The molecule has 0 aliphatic carbocycles. The molecule has 1 aliphatic heterocycles. The quantitative estimate of drug-likeness (QED) is 0.0470. The highest BCUT2D eigenvalue weighted by molar-refractivity contribution is 5.70. The van der Waals surface area contributed by atoms with Crippen LogP contribution in [0.5, 0.6) is 0 Å². The predicted octanol–water partition coefficient (Wildman–Crippen LogP) is 26.2. The van der Waals surface area contributed by atoms with Gasteiger partial charge >= 0.3 is 5.97 Å². The standard InChI is InChI=1S/C75H148O4/c1-4-6-8-10-12-14-16-18-20-21-36-39-43-47-51-55-59-63-67-71(75(77)78)72(76)68-64-60-56-52-48-44-40-37-34-32-30-28-26-24-22-23-25-27-29-31-33-35-38-41-45-49-53-57-61-65-69-73-74(79-73)70(3)66-62-58-54-50-46-42-19-17-15-13-11-9-7-5-2/h70-74,76H,4-69H2,1-3H3,(H,77,78). The second-order valence-electron chi connectivity index (χ2n) is 27.0. The summed E-state index contributed by atoms with van der Waals surface area (Å²) >= 11 is 0. The minimum Gasteiger partial charge on any atom is -0.481 e. The number of unbranched alkanes of at least 4 members (excludes halogenated alkanes) is 59. The van der Waals surface area contributed by atoms with Crippen molar-refractivity contribution in [3.05, 3.63) is 0 Å². The first kappa shape index (κ1) is 76.4. The molecule has 5 unspecified atom stereocenters. The lowest BCUT2D eigenvalue weighted by Gasteiger charge is -2.19. The van der Waals surface area contributed by atoms with Crippen LogP contribution < -0.4 is 0 Å². The molecule has 4 heteroatoms. The number of carboxylic acids is 1. The Kier molecular flexibility index (Phi) is 61.3. The monoisotopic (exact) mass is 1110 g/mol. The third kappa shape index (κ3) is 56.3. The molecular formula is C75H148O4. The molecule has 0 amide bonds. The average Bonchev–Trinajstić information content (AvgIpc) is 4.29. The Bertz CT molecular complexity index is 1160. The smallest absolute Gasteiger partial charge is 0.309 e. The number of carbonyl (C=O) groups is 1. The Labute approximate surface area is 498 Å². The molecule has 0 saturated carbocycles. The van der Waals surface area contributed by atoms with Crippen LogP contribution in [0.25, 0.3) is 0 Å². The molecule has 2 N–H and O–H groups in total. The summed E-state index contributed by atoms with van der Waals surface area (Å²) in [5.74, 6) is -0.611. The van der Waals surface area contributed by atoms with E-state index in [4.69, 9.17) is 4.74 Å². The molecular weight excluding hydrogens is 965 g/mol. The van der Waals surface area contributed by atoms with Crippen LogP contribution in [0.15, 0.2) is 0 Å². The molecule has 472 valence electrons. The molecule has 1 rings (SSSR count). The number of hydrogen-bond donors (Lipinski definition) is 2. The summed E-state index contributed by atoms with van der Waals surface area (Å²) < 4.78 is 6.13. The van der Waals surface area contributed by atoms with Gasteiger partial charge in [0.05, 0.1) is 24.2 Å². The Morgan fingerprint density at radius 1 is 0.304 bits per heavy atom. The third-order valence-corrected chi connectivity index (χ3v) is 19.1. The van der Waals surface area contributed by atoms with Crippen LogP contribution >= 0.6 is 0 Å². The molecule has 1 aliphatic rings. The molecule has 79 heavy (non-hydrogen) atoms. The molecule has 1 saturated heterocycles. The zero-order valence-electron chi connectivity index (χ0n) is 54.8. The fourth-order valence-electron chi connectivity index (χ4n) is 13.3. The van der Waals surface area contributed by atoms with E-state index >= 15 is 0 Å². The van der Waals surface area contributed by atoms with E-state index < -0.39 is 18.0 Å². The maximum Gasteiger partial charge on any atom is 0.309 e. The zero-order valence-corrected chi connectivity index (χ0v) is 54.8. The summed E-state index contributed by atoms with van der Waals surface area (Å²) in [6, 6.07) is 0. The van der Waals surface area contributed by atoms with Gasteiger partial charge in [0.1, 0.15) is 0 Å². The van der Waals surface area contributed by atoms with Crippen LogP contribution in [0.4, 0.5) is 0 Å². The number of aliphatic carboxylic acids is 1. The van der Waals surface area contributed by atoms with Gasteiger partial charge in [-0.05, 0) is 31.6 Å². The van der Waals surface area contributed by atoms with E-state index in [1.165, 1.54) is 385 Å². The van der Waals surface area contributed by atoms with E-state index in [1.807, 2.05) is 0 Å². The van der Waals surface area contributed by atoms with Crippen LogP contribution in [0.1, 0.15) is 445 Å². The van der Waals surface area contributed by atoms with E-state index in [1.54, 1.807) is 0 Å². The number of carboxylic acid groups (broad SMARTS) is 1. The number of rotatable bonds is 70. The van der Waals surface area contributed by atoms with Crippen molar-refractivity contribution in [1.82, 2.24) is 0 Å². The molecule has 1 fully saturated rings. The number of aliphatic hydroxyl groups excluding tert-OH is 1. The zero-order chi connectivity index (χ0) is 56.8. The van der Waals surface area contributed by atoms with Crippen LogP contribution in [-0.4, -0.2) is 34.5 Å². The van der Waals surface area contributed by atoms with Gasteiger partial charge in [0.15, 0.2) is 0 Å². The van der Waals surface area contributed by atoms with Crippen molar-refractivity contribution in [3.63, 3.8) is 0 Å². The number of hydrogen-bond acceptors (Lipinski definition) is 3. The Morgan fingerprint density at radius 3 is 0.747 bits per heavy atom. The highest BCUT2D eigenvalue weighted by Gasteiger charge is 2.41. The molecule has 0 aromatic carbocycles. The molecule has 0 radical (unpaired) electrons. The Hall–Kier alpha value is -0.610. The minimum atomic E-state index is -0.800. The van der Waals surface area contributed by atoms with Gasteiger partial charge in [0, 0.05) is 0 Å². The normalized spacial score (nSPS) is 15.5. The van der Waals surface area contributed by atoms with Crippen molar-refractivity contribution in [2.24, 2.45) is 11.8 Å². The Morgan fingerprint density at radius 2 is 0.506 bits per heavy atom. The fourth-order valence-corrected chi connectivity index (χ4v) is 13.3. The first-order chi connectivity index (χ1) is 39.0. The lowest BCUT2D eigenvalue weighted by atomic mass is 9.91. The van der Waals surface area contributed by atoms with Gasteiger partial charge in [-0.15, -0.1) is 0 Å². The molecule has 0 bridgehead atoms. The number of ether oxygens (including phenoxy) is 1. The highest BCUT2D eigenvalue weighted by atomic mass is 16.6. The first-order valence-corrected chi connectivity index (χ1v) is 37.6. The van der Waals surface area contributed by atoms with Crippen molar-refractivity contribution in [2.45, 2.75) is 463 Å². The van der Waals surface area contributed by atoms with Gasteiger partial charge in [0.2, 0.25) is 0 Å². The van der Waals surface area contributed by atoms with E-state index in [0.717, 1.165) is 31.6 Å². The topological polar surface area (TPSA) is 70.1 Å². The van der Waals surface area contributed by atoms with Crippen molar-refractivity contribution in [1.29, 1.82) is 0 Å². The van der Waals surface area contributed by atoms with Gasteiger partial charge in [-0.3, -0.25) is 4.79 Å². The Balaban J connectivity index is 1.72. The number of aliphatic hydroxyl groups is 1. The third-order valence-electron chi connectivity index (χ3n) is 19.1. The predicted molar refractivity (Wildman–Crippen MR) is 351 cm³/mol. The first-order valence-electron chi connectivity index (χ1n) is 37.6. The van der Waals surface area contributed by atoms with E-state index in [-0.39, 0.29) is 0 Å². The van der Waals surface area contributed by atoms with Gasteiger partial charge in [-0.25, -0.2) is 0 Å². The van der Waals surface area contributed by atoms with Crippen LogP contribution in [-0.2, 0) is 9.53 Å². The van der Waals surface area contributed by atoms with Crippen molar-refractivity contribution in [2.75, 3.05) is 0 Å². The number of epoxide rings is 1. The minimum absolute atomic E-state index is 0.582. The summed E-state index contributed by atoms with van der Waals surface area (Å²) in [4.78, 5) is 11.9. The largest absolute Gasteiger partial charge is 0.481 e. The summed E-state index contributed by atoms with van der Waals surface area (Å²) in [6.45, 7) is 7.05. The second kappa shape index (κ2) is 63.4. The summed E-state index contributed by atoms with van der Waals surface area (Å²) in [5, 5.41) is 20.5. The van der Waals surface area contributed by atoms with E-state index in [0.29, 0.717) is 25.0 Å². The van der Waals surface area contributed by atoms with Crippen molar-refractivity contribution >= 4 is 5.97 Å². The lowest BCUT2D eigenvalue weighted by Crippen LogP contribution is -2.28. The van der Waals surface area contributed by atoms with Crippen LogP contribution in [0, 0.1) is 11.8 Å². The second-order valence-corrected chi connectivity index (χ2v) is 27.0. The molecule has 5 atom stereocenters. The van der Waals surface area contributed by atoms with Gasteiger partial charge in [0.25, 0.3) is 0 Å². The average molecular weight is 1110 g/mol.